The van der Waals surface area contributed by atoms with Gasteiger partial charge in [0.05, 0.1) is 53.5 Å². The lowest BCUT2D eigenvalue weighted by atomic mass is 9.87. The zero-order valence-electron chi connectivity index (χ0n) is 23.6. The molecule has 0 radical (unpaired) electrons. The van der Waals surface area contributed by atoms with Gasteiger partial charge in [0.1, 0.15) is 0 Å². The molecule has 224 valence electrons. The second kappa shape index (κ2) is 13.0. The number of para-hydroxylation sites is 1. The molecule has 0 unspecified atom stereocenters. The Morgan fingerprint density at radius 3 is 2.50 bits per heavy atom. The Labute approximate surface area is 254 Å². The predicted octanol–water partition coefficient (Wildman–Crippen LogP) is 5.56. The number of methoxy groups -OCH3 is 1. The fourth-order valence-corrected chi connectivity index (χ4v) is 6.49. The molecule has 1 aromatic heterocycles. The third kappa shape index (κ3) is 6.59. The standard InChI is InChI=1S/C31H35Cl2N3O6/c1-35-16-24(23-5-3-4-6-28(23)35)30(38)34-27-14-25(32)19(11-26(27)33)12-29(37)36-15-22(41-2)13-20(36)17-42-21-9-7-18(8-10-21)31(39)40/h3-6,11,14,16,18,20-22H,7-10,12-13,15,17H2,1-2H3,(H,34,38)(H,39,40)/t18-,20-,21-,22-/m0/s1. The van der Waals surface area contributed by atoms with Gasteiger partial charge in [0.25, 0.3) is 5.91 Å². The van der Waals surface area contributed by atoms with Crippen molar-refractivity contribution in [1.29, 1.82) is 0 Å². The van der Waals surface area contributed by atoms with Crippen LogP contribution in [0, 0.1) is 5.92 Å². The molecule has 1 saturated heterocycles. The van der Waals surface area contributed by atoms with Crippen molar-refractivity contribution >= 4 is 57.6 Å². The van der Waals surface area contributed by atoms with Gasteiger partial charge in [-0.3, -0.25) is 14.4 Å². The first-order chi connectivity index (χ1) is 20.1. The van der Waals surface area contributed by atoms with Crippen LogP contribution in [0.4, 0.5) is 5.69 Å². The van der Waals surface area contributed by atoms with E-state index in [4.69, 9.17) is 32.7 Å². The number of benzene rings is 2. The maximum atomic E-state index is 13.5. The number of amides is 2. The van der Waals surface area contributed by atoms with Crippen LogP contribution in [0.15, 0.2) is 42.6 Å². The molecule has 1 aliphatic carbocycles. The molecule has 0 spiro atoms. The van der Waals surface area contributed by atoms with Gasteiger partial charge in [0.15, 0.2) is 0 Å². The summed E-state index contributed by atoms with van der Waals surface area (Å²) < 4.78 is 13.6. The van der Waals surface area contributed by atoms with Crippen molar-refractivity contribution in [3.63, 3.8) is 0 Å². The zero-order chi connectivity index (χ0) is 30.0. The molecule has 1 aliphatic heterocycles. The number of carboxylic acids is 1. The number of aryl methyl sites for hydroxylation is 1. The Balaban J connectivity index is 1.23. The van der Waals surface area contributed by atoms with Crippen LogP contribution in [-0.2, 0) is 32.5 Å². The molecule has 9 nitrogen and oxygen atoms in total. The molecule has 2 heterocycles. The van der Waals surface area contributed by atoms with Gasteiger partial charge in [-0.15, -0.1) is 0 Å². The van der Waals surface area contributed by atoms with Gasteiger partial charge in [-0.25, -0.2) is 0 Å². The van der Waals surface area contributed by atoms with Crippen molar-refractivity contribution in [3.05, 3.63) is 63.8 Å². The molecule has 1 saturated carbocycles. The van der Waals surface area contributed by atoms with Gasteiger partial charge in [-0.2, -0.15) is 0 Å². The van der Waals surface area contributed by atoms with Gasteiger partial charge in [-0.1, -0.05) is 41.4 Å². The Kier molecular flexibility index (Phi) is 9.42. The molecule has 11 heteroatoms. The molecular weight excluding hydrogens is 581 g/mol. The minimum atomic E-state index is -0.747. The second-order valence-electron chi connectivity index (χ2n) is 11.2. The van der Waals surface area contributed by atoms with Gasteiger partial charge in [0.2, 0.25) is 5.91 Å². The molecule has 2 amide bonds. The van der Waals surface area contributed by atoms with E-state index in [-0.39, 0.29) is 47.4 Å². The fourth-order valence-electron chi connectivity index (χ4n) is 6.03. The zero-order valence-corrected chi connectivity index (χ0v) is 25.2. The highest BCUT2D eigenvalue weighted by Crippen LogP contribution is 2.33. The lowest BCUT2D eigenvalue weighted by Gasteiger charge is -2.30. The number of carboxylic acid groups (broad SMARTS) is 1. The van der Waals surface area contributed by atoms with Crippen molar-refractivity contribution in [3.8, 4) is 0 Å². The van der Waals surface area contributed by atoms with E-state index >= 15 is 0 Å². The summed E-state index contributed by atoms with van der Waals surface area (Å²) in [7, 11) is 3.51. The van der Waals surface area contributed by atoms with Crippen LogP contribution in [0.25, 0.3) is 10.9 Å². The van der Waals surface area contributed by atoms with Crippen LogP contribution in [0.1, 0.15) is 48.0 Å². The summed E-state index contributed by atoms with van der Waals surface area (Å²) >= 11 is 13.2. The number of carbonyl (C=O) groups is 3. The minimum Gasteiger partial charge on any atom is -0.481 e. The van der Waals surface area contributed by atoms with Crippen LogP contribution in [-0.4, -0.2) is 70.9 Å². The molecule has 2 atom stereocenters. The number of halogens is 2. The van der Waals surface area contributed by atoms with Gasteiger partial charge < -0.3 is 29.4 Å². The van der Waals surface area contributed by atoms with Crippen LogP contribution < -0.4 is 5.32 Å². The van der Waals surface area contributed by atoms with E-state index in [9.17, 15) is 19.5 Å². The third-order valence-corrected chi connectivity index (χ3v) is 9.11. The monoisotopic (exact) mass is 615 g/mol. The molecule has 5 rings (SSSR count). The summed E-state index contributed by atoms with van der Waals surface area (Å²) in [5, 5.41) is 13.5. The first-order valence-electron chi connectivity index (χ1n) is 14.1. The molecule has 2 fully saturated rings. The second-order valence-corrected chi connectivity index (χ2v) is 12.0. The summed E-state index contributed by atoms with van der Waals surface area (Å²) in [6.07, 6.45) is 4.95. The number of hydrogen-bond acceptors (Lipinski definition) is 5. The SMILES string of the molecule is CO[C@H]1C[C@@H](CO[C@H]2CC[C@H](C(=O)O)CC2)N(C(=O)Cc2cc(Cl)c(NC(=O)c3cn(C)c4ccccc34)cc2Cl)C1. The lowest BCUT2D eigenvalue weighted by molar-refractivity contribution is -0.144. The Bertz CT molecular complexity index is 1480. The van der Waals surface area contributed by atoms with Crippen molar-refractivity contribution < 1.29 is 29.0 Å². The van der Waals surface area contributed by atoms with E-state index in [0.717, 1.165) is 10.9 Å². The van der Waals surface area contributed by atoms with E-state index < -0.39 is 5.97 Å². The van der Waals surface area contributed by atoms with Crippen LogP contribution >= 0.6 is 23.2 Å². The van der Waals surface area contributed by atoms with E-state index in [1.807, 2.05) is 35.9 Å². The number of ether oxygens (including phenoxy) is 2. The summed E-state index contributed by atoms with van der Waals surface area (Å²) in [5.74, 6) is -1.48. The number of fused-ring (bicyclic) bond motifs is 1. The van der Waals surface area contributed by atoms with Gasteiger partial charge >= 0.3 is 5.97 Å². The number of rotatable bonds is 9. The molecule has 2 N–H and O–H groups in total. The number of likely N-dealkylation sites (tertiary alicyclic amines) is 1. The van der Waals surface area contributed by atoms with Crippen LogP contribution in [0.3, 0.4) is 0 Å². The number of aromatic nitrogens is 1. The fraction of sp³-hybridized carbons (Fsp3) is 0.452. The molecule has 42 heavy (non-hydrogen) atoms. The van der Waals surface area contributed by atoms with E-state index in [0.29, 0.717) is 67.1 Å². The topological polar surface area (TPSA) is 110 Å². The molecule has 2 aromatic carbocycles. The van der Waals surface area contributed by atoms with Gasteiger partial charge in [0, 0.05) is 42.8 Å². The Hall–Kier alpha value is -3.11. The van der Waals surface area contributed by atoms with Crippen molar-refractivity contribution in [2.75, 3.05) is 25.6 Å². The average Bonchev–Trinajstić information content (AvgIpc) is 3.56. The van der Waals surface area contributed by atoms with Crippen molar-refractivity contribution in [1.82, 2.24) is 9.47 Å². The molecule has 2 aliphatic rings. The number of hydrogen-bond donors (Lipinski definition) is 2. The van der Waals surface area contributed by atoms with Crippen molar-refractivity contribution in [2.45, 2.75) is 56.8 Å². The van der Waals surface area contributed by atoms with E-state index in [1.165, 1.54) is 0 Å². The first-order valence-corrected chi connectivity index (χ1v) is 14.9. The van der Waals surface area contributed by atoms with Crippen LogP contribution in [0.5, 0.6) is 0 Å². The summed E-state index contributed by atoms with van der Waals surface area (Å²) in [4.78, 5) is 39.6. The predicted molar refractivity (Wildman–Crippen MR) is 161 cm³/mol. The maximum Gasteiger partial charge on any atom is 0.306 e. The molecular formula is C31H35Cl2N3O6. The number of anilines is 1. The quantitative estimate of drug-likeness (QED) is 0.326. The largest absolute Gasteiger partial charge is 0.481 e. The van der Waals surface area contributed by atoms with Crippen molar-refractivity contribution in [2.24, 2.45) is 13.0 Å². The first kappa shape index (κ1) is 30.4. The van der Waals surface area contributed by atoms with E-state index in [1.54, 1.807) is 30.3 Å². The number of aliphatic carboxylic acids is 1. The highest BCUT2D eigenvalue weighted by Gasteiger charge is 2.36. The number of carbonyl (C=O) groups excluding carboxylic acids is 2. The van der Waals surface area contributed by atoms with Crippen LogP contribution in [0.2, 0.25) is 10.0 Å². The Morgan fingerprint density at radius 1 is 1.05 bits per heavy atom. The summed E-state index contributed by atoms with van der Waals surface area (Å²) in [5.41, 5.74) is 2.37. The maximum absolute atomic E-state index is 13.5. The average molecular weight is 617 g/mol. The van der Waals surface area contributed by atoms with Gasteiger partial charge in [-0.05, 0) is 55.9 Å². The highest BCUT2D eigenvalue weighted by atomic mass is 35.5. The minimum absolute atomic E-state index is 0.0102. The smallest absolute Gasteiger partial charge is 0.306 e. The summed E-state index contributed by atoms with van der Waals surface area (Å²) in [6.45, 7) is 0.807. The Morgan fingerprint density at radius 2 is 1.79 bits per heavy atom. The molecule has 3 aromatic rings. The normalized spacial score (nSPS) is 22.4. The number of nitrogens with one attached hydrogen (secondary N) is 1. The van der Waals surface area contributed by atoms with E-state index in [2.05, 4.69) is 5.32 Å². The highest BCUT2D eigenvalue weighted by molar-refractivity contribution is 6.36. The number of nitrogens with zero attached hydrogens (tertiary/aromatic N) is 2. The lowest BCUT2D eigenvalue weighted by Crippen LogP contribution is -2.40. The third-order valence-electron chi connectivity index (χ3n) is 8.45. The summed E-state index contributed by atoms with van der Waals surface area (Å²) in [6, 6.07) is 10.7. The molecule has 0 bridgehead atoms.